The zero-order chi connectivity index (χ0) is 37.0. The molecule has 0 amide bonds. The molecule has 2 nitrogen and oxygen atoms in total. The van der Waals surface area contributed by atoms with Gasteiger partial charge < -0.3 is 9.32 Å². The molecule has 11 rings (SSSR count). The monoisotopic (exact) mass is 713 g/mol. The summed E-state index contributed by atoms with van der Waals surface area (Å²) in [6.45, 7) is 0. The number of benzene rings is 10. The minimum atomic E-state index is 0.860. The van der Waals surface area contributed by atoms with Gasteiger partial charge in [0.2, 0.25) is 0 Å². The minimum absolute atomic E-state index is 0.860. The van der Waals surface area contributed by atoms with E-state index in [1.54, 1.807) is 0 Å². The Hall–Kier alpha value is -7.42. The van der Waals surface area contributed by atoms with Crippen LogP contribution >= 0.6 is 0 Å². The fraction of sp³-hybridized carbons (Fsp3) is 0. The van der Waals surface area contributed by atoms with Crippen LogP contribution in [-0.4, -0.2) is 0 Å². The second-order valence-electron chi connectivity index (χ2n) is 14.4. The molecule has 0 aliphatic rings. The highest BCUT2D eigenvalue weighted by molar-refractivity contribution is 6.23. The molecule has 11 aromatic rings. The zero-order valence-electron chi connectivity index (χ0n) is 30.6. The molecule has 0 aliphatic carbocycles. The maximum absolute atomic E-state index is 6.78. The summed E-state index contributed by atoms with van der Waals surface area (Å²) < 4.78 is 6.78. The summed E-state index contributed by atoms with van der Waals surface area (Å²) >= 11 is 0. The van der Waals surface area contributed by atoms with Crippen molar-refractivity contribution in [2.75, 3.05) is 4.90 Å². The van der Waals surface area contributed by atoms with Crippen LogP contribution in [0.2, 0.25) is 0 Å². The van der Waals surface area contributed by atoms with Crippen LogP contribution in [0.15, 0.2) is 217 Å². The molecule has 0 saturated carbocycles. The molecule has 0 radical (unpaired) electrons. The standard InChI is InChI=1S/C54H35NO/c1-4-17-36(18-5-1)41-24-14-15-28-48(41)55(49-29-16-30-50-53(49)46-33-31-37-19-10-11-25-42(37)54(46)56-50)40-32-34-44-43-26-12-13-27-45(43)51(38-20-6-2-7-21-38)52(47(44)35-40)39-22-8-3-9-23-39/h1-35H. The maximum Gasteiger partial charge on any atom is 0.143 e. The van der Waals surface area contributed by atoms with E-state index in [1.807, 2.05) is 0 Å². The molecule has 0 aliphatic heterocycles. The summed E-state index contributed by atoms with van der Waals surface area (Å²) in [6, 6.07) is 76.5. The maximum atomic E-state index is 6.78. The summed E-state index contributed by atoms with van der Waals surface area (Å²) in [5.74, 6) is 0. The number of hydrogen-bond acceptors (Lipinski definition) is 2. The fourth-order valence-electron chi connectivity index (χ4n) is 8.79. The summed E-state index contributed by atoms with van der Waals surface area (Å²) in [4.78, 5) is 2.44. The molecular formula is C54H35NO. The van der Waals surface area contributed by atoms with Gasteiger partial charge in [-0.15, -0.1) is 0 Å². The average Bonchev–Trinajstić information content (AvgIpc) is 3.67. The van der Waals surface area contributed by atoms with Gasteiger partial charge in [0.05, 0.1) is 16.8 Å². The number of hydrogen-bond donors (Lipinski definition) is 0. The van der Waals surface area contributed by atoms with Crippen molar-refractivity contribution >= 4 is 71.3 Å². The van der Waals surface area contributed by atoms with Crippen molar-refractivity contribution in [3.8, 4) is 33.4 Å². The van der Waals surface area contributed by atoms with E-state index in [2.05, 4.69) is 217 Å². The lowest BCUT2D eigenvalue weighted by Gasteiger charge is -2.29. The number of furan rings is 1. The third-order valence-electron chi connectivity index (χ3n) is 11.2. The normalized spacial score (nSPS) is 11.6. The van der Waals surface area contributed by atoms with Crippen LogP contribution < -0.4 is 4.90 Å². The quantitative estimate of drug-likeness (QED) is 0.160. The van der Waals surface area contributed by atoms with Crippen LogP contribution in [-0.2, 0) is 0 Å². The van der Waals surface area contributed by atoms with E-state index in [9.17, 15) is 0 Å². The molecule has 0 unspecified atom stereocenters. The topological polar surface area (TPSA) is 16.4 Å². The first-order valence-corrected chi connectivity index (χ1v) is 19.2. The van der Waals surface area contributed by atoms with E-state index >= 15 is 0 Å². The molecule has 262 valence electrons. The van der Waals surface area contributed by atoms with Crippen LogP contribution in [0.3, 0.4) is 0 Å². The molecule has 0 atom stereocenters. The second kappa shape index (κ2) is 13.2. The first-order valence-electron chi connectivity index (χ1n) is 19.2. The lowest BCUT2D eigenvalue weighted by atomic mass is 9.85. The van der Waals surface area contributed by atoms with E-state index in [0.717, 1.165) is 60.9 Å². The molecule has 0 fully saturated rings. The zero-order valence-corrected chi connectivity index (χ0v) is 30.6. The number of para-hydroxylation sites is 1. The lowest BCUT2D eigenvalue weighted by molar-refractivity contribution is 0.672. The van der Waals surface area contributed by atoms with Crippen molar-refractivity contribution in [3.63, 3.8) is 0 Å². The van der Waals surface area contributed by atoms with Crippen LogP contribution in [0.5, 0.6) is 0 Å². The molecule has 2 heteroatoms. The highest BCUT2D eigenvalue weighted by atomic mass is 16.3. The van der Waals surface area contributed by atoms with Gasteiger partial charge in [0, 0.05) is 22.0 Å². The van der Waals surface area contributed by atoms with Crippen LogP contribution in [0.4, 0.5) is 17.1 Å². The second-order valence-corrected chi connectivity index (χ2v) is 14.4. The third-order valence-corrected chi connectivity index (χ3v) is 11.2. The van der Waals surface area contributed by atoms with Gasteiger partial charge in [-0.25, -0.2) is 0 Å². The Labute approximate surface area is 325 Å². The molecule has 1 aromatic heterocycles. The van der Waals surface area contributed by atoms with Crippen LogP contribution in [0.1, 0.15) is 0 Å². The Morgan fingerprint density at radius 1 is 0.339 bits per heavy atom. The molecule has 10 aromatic carbocycles. The highest BCUT2D eigenvalue weighted by Crippen LogP contribution is 2.50. The van der Waals surface area contributed by atoms with E-state index < -0.39 is 0 Å². The Balaban J connectivity index is 1.27. The van der Waals surface area contributed by atoms with Crippen molar-refractivity contribution in [1.82, 2.24) is 0 Å². The number of anilines is 3. The van der Waals surface area contributed by atoms with Gasteiger partial charge in [0.25, 0.3) is 0 Å². The van der Waals surface area contributed by atoms with Crippen molar-refractivity contribution in [2.24, 2.45) is 0 Å². The predicted octanol–water partition coefficient (Wildman–Crippen LogP) is 15.5. The van der Waals surface area contributed by atoms with Gasteiger partial charge in [-0.1, -0.05) is 176 Å². The molecule has 1 heterocycles. The average molecular weight is 714 g/mol. The fourth-order valence-corrected chi connectivity index (χ4v) is 8.79. The van der Waals surface area contributed by atoms with Crippen molar-refractivity contribution in [3.05, 3.63) is 212 Å². The number of rotatable bonds is 6. The van der Waals surface area contributed by atoms with Gasteiger partial charge in [-0.3, -0.25) is 0 Å². The largest absolute Gasteiger partial charge is 0.455 e. The first kappa shape index (κ1) is 32.0. The van der Waals surface area contributed by atoms with Crippen molar-refractivity contribution in [2.45, 2.75) is 0 Å². The van der Waals surface area contributed by atoms with Crippen molar-refractivity contribution < 1.29 is 4.42 Å². The molecule has 0 spiro atoms. The SMILES string of the molecule is c1ccc(-c2ccccc2N(c2ccc3c(c2)c(-c2ccccc2)c(-c2ccccc2)c2ccccc23)c2cccc3oc4c5ccccc5ccc4c23)cc1. The van der Waals surface area contributed by atoms with Gasteiger partial charge in [-0.2, -0.15) is 0 Å². The minimum Gasteiger partial charge on any atom is -0.455 e. The van der Waals surface area contributed by atoms with Crippen LogP contribution in [0, 0.1) is 0 Å². The number of fused-ring (bicyclic) bond motifs is 8. The van der Waals surface area contributed by atoms with E-state index in [4.69, 9.17) is 4.42 Å². The molecule has 0 saturated heterocycles. The Morgan fingerprint density at radius 3 is 1.64 bits per heavy atom. The Bertz CT molecular complexity index is 3240. The predicted molar refractivity (Wildman–Crippen MR) is 237 cm³/mol. The van der Waals surface area contributed by atoms with Gasteiger partial charge in [-0.05, 0) is 91.1 Å². The van der Waals surface area contributed by atoms with Crippen LogP contribution in [0.25, 0.3) is 87.6 Å². The summed E-state index contributed by atoms with van der Waals surface area (Å²) in [5.41, 5.74) is 12.1. The molecule has 0 bridgehead atoms. The summed E-state index contributed by atoms with van der Waals surface area (Å²) in [6.07, 6.45) is 0. The van der Waals surface area contributed by atoms with Gasteiger partial charge in [0.15, 0.2) is 0 Å². The van der Waals surface area contributed by atoms with Gasteiger partial charge >= 0.3 is 0 Å². The Morgan fingerprint density at radius 2 is 0.893 bits per heavy atom. The smallest absolute Gasteiger partial charge is 0.143 e. The third kappa shape index (κ3) is 5.11. The number of nitrogens with zero attached hydrogens (tertiary/aromatic N) is 1. The van der Waals surface area contributed by atoms with Gasteiger partial charge in [0.1, 0.15) is 11.2 Å². The summed E-state index contributed by atoms with van der Waals surface area (Å²) in [7, 11) is 0. The lowest BCUT2D eigenvalue weighted by Crippen LogP contribution is -2.11. The van der Waals surface area contributed by atoms with E-state index in [1.165, 1.54) is 43.8 Å². The van der Waals surface area contributed by atoms with E-state index in [0.29, 0.717) is 0 Å². The van der Waals surface area contributed by atoms with Crippen molar-refractivity contribution in [1.29, 1.82) is 0 Å². The highest BCUT2D eigenvalue weighted by Gasteiger charge is 2.24. The van der Waals surface area contributed by atoms with E-state index in [-0.39, 0.29) is 0 Å². The molecule has 0 N–H and O–H groups in total. The molecule has 56 heavy (non-hydrogen) atoms. The Kier molecular flexibility index (Phi) is 7.53. The summed E-state index contributed by atoms with van der Waals surface area (Å²) in [5, 5.41) is 9.35. The molecular weight excluding hydrogens is 679 g/mol. The first-order chi connectivity index (χ1) is 27.8.